The zero-order valence-corrected chi connectivity index (χ0v) is 12.4. The number of carbonyl (C=O) groups excluding carboxylic acids is 1. The zero-order valence-electron chi connectivity index (χ0n) is 11.6. The van der Waals surface area contributed by atoms with Gasteiger partial charge in [0.2, 0.25) is 0 Å². The molecule has 0 spiro atoms. The highest BCUT2D eigenvalue weighted by atomic mass is 32.1. The van der Waals surface area contributed by atoms with Crippen LogP contribution in [0.1, 0.15) is 32.9 Å². The molecule has 0 radical (unpaired) electrons. The highest BCUT2D eigenvalue weighted by Gasteiger charge is 2.17. The van der Waals surface area contributed by atoms with E-state index < -0.39 is 0 Å². The van der Waals surface area contributed by atoms with E-state index in [0.717, 1.165) is 16.3 Å². The summed E-state index contributed by atoms with van der Waals surface area (Å²) in [6, 6.07) is 9.96. The van der Waals surface area contributed by atoms with Crippen LogP contribution in [-0.2, 0) is 29.1 Å². The zero-order chi connectivity index (χ0) is 14.4. The van der Waals surface area contributed by atoms with Crippen molar-refractivity contribution in [2.75, 3.05) is 7.11 Å². The lowest BCUT2D eigenvalue weighted by Gasteiger charge is -2.01. The van der Waals surface area contributed by atoms with Gasteiger partial charge in [-0.1, -0.05) is 37.3 Å². The summed E-state index contributed by atoms with van der Waals surface area (Å²) in [6.45, 7) is 2.91. The molecule has 5 heteroatoms. The minimum atomic E-state index is -0.325. The van der Waals surface area contributed by atoms with Crippen LogP contribution in [0.25, 0.3) is 0 Å². The SMILES string of the molecule is CCc1nc(COCc2ccccc2)sc1C(=O)OC. The number of hydrogen-bond donors (Lipinski definition) is 0. The van der Waals surface area contributed by atoms with E-state index in [1.807, 2.05) is 37.3 Å². The summed E-state index contributed by atoms with van der Waals surface area (Å²) in [4.78, 5) is 16.6. The Balaban J connectivity index is 1.96. The second kappa shape index (κ2) is 7.17. The van der Waals surface area contributed by atoms with Crippen LogP contribution in [0.3, 0.4) is 0 Å². The minimum Gasteiger partial charge on any atom is -0.465 e. The molecule has 0 aliphatic heterocycles. The Morgan fingerprint density at radius 2 is 2.00 bits per heavy atom. The third-order valence-corrected chi connectivity index (χ3v) is 3.84. The molecule has 20 heavy (non-hydrogen) atoms. The van der Waals surface area contributed by atoms with Crippen LogP contribution in [0.15, 0.2) is 30.3 Å². The van der Waals surface area contributed by atoms with Gasteiger partial charge < -0.3 is 9.47 Å². The number of aryl methyl sites for hydroxylation is 1. The Bertz CT molecular complexity index is 566. The first-order valence-electron chi connectivity index (χ1n) is 6.43. The van der Waals surface area contributed by atoms with Gasteiger partial charge in [-0.25, -0.2) is 9.78 Å². The van der Waals surface area contributed by atoms with E-state index in [0.29, 0.717) is 24.5 Å². The minimum absolute atomic E-state index is 0.325. The molecular formula is C15H17NO3S. The fourth-order valence-corrected chi connectivity index (χ4v) is 2.79. The number of methoxy groups -OCH3 is 1. The molecule has 0 fully saturated rings. The molecule has 4 nitrogen and oxygen atoms in total. The Kier molecular flexibility index (Phi) is 5.26. The maximum Gasteiger partial charge on any atom is 0.349 e. The van der Waals surface area contributed by atoms with Crippen molar-refractivity contribution in [1.82, 2.24) is 4.98 Å². The Labute approximate surface area is 122 Å². The van der Waals surface area contributed by atoms with Gasteiger partial charge in [0.05, 0.1) is 26.0 Å². The van der Waals surface area contributed by atoms with E-state index in [1.165, 1.54) is 18.4 Å². The van der Waals surface area contributed by atoms with E-state index in [-0.39, 0.29) is 5.97 Å². The Morgan fingerprint density at radius 1 is 1.25 bits per heavy atom. The van der Waals surface area contributed by atoms with Crippen molar-refractivity contribution in [3.8, 4) is 0 Å². The van der Waals surface area contributed by atoms with Crippen molar-refractivity contribution in [3.05, 3.63) is 51.5 Å². The molecule has 2 rings (SSSR count). The number of ether oxygens (including phenoxy) is 2. The van der Waals surface area contributed by atoms with Crippen LogP contribution in [-0.4, -0.2) is 18.1 Å². The number of esters is 1. The predicted octanol–water partition coefficient (Wildman–Crippen LogP) is 3.21. The van der Waals surface area contributed by atoms with Crippen LogP contribution in [0.4, 0.5) is 0 Å². The van der Waals surface area contributed by atoms with Crippen LogP contribution >= 0.6 is 11.3 Å². The average molecular weight is 291 g/mol. The fraction of sp³-hybridized carbons (Fsp3) is 0.333. The van der Waals surface area contributed by atoms with Gasteiger partial charge in [-0.2, -0.15) is 0 Å². The number of hydrogen-bond acceptors (Lipinski definition) is 5. The molecule has 0 saturated heterocycles. The van der Waals surface area contributed by atoms with Crippen molar-refractivity contribution < 1.29 is 14.3 Å². The molecule has 0 atom stereocenters. The number of aromatic nitrogens is 1. The lowest BCUT2D eigenvalue weighted by molar-refractivity contribution is 0.0605. The van der Waals surface area contributed by atoms with Crippen molar-refractivity contribution in [1.29, 1.82) is 0 Å². The predicted molar refractivity (Wildman–Crippen MR) is 77.8 cm³/mol. The molecule has 2 aromatic rings. The van der Waals surface area contributed by atoms with Gasteiger partial charge in [0.15, 0.2) is 0 Å². The van der Waals surface area contributed by atoms with Crippen molar-refractivity contribution >= 4 is 17.3 Å². The summed E-state index contributed by atoms with van der Waals surface area (Å²) >= 11 is 1.34. The molecule has 0 bridgehead atoms. The molecule has 0 unspecified atom stereocenters. The van der Waals surface area contributed by atoms with E-state index in [9.17, 15) is 4.79 Å². The van der Waals surface area contributed by atoms with Crippen molar-refractivity contribution in [2.24, 2.45) is 0 Å². The average Bonchev–Trinajstić information content (AvgIpc) is 2.91. The van der Waals surface area contributed by atoms with Gasteiger partial charge in [0.1, 0.15) is 9.88 Å². The number of rotatable bonds is 6. The Morgan fingerprint density at radius 3 is 2.65 bits per heavy atom. The first kappa shape index (κ1) is 14.7. The van der Waals surface area contributed by atoms with Crippen molar-refractivity contribution in [3.63, 3.8) is 0 Å². The quantitative estimate of drug-likeness (QED) is 0.767. The largest absolute Gasteiger partial charge is 0.465 e. The molecule has 106 valence electrons. The molecule has 1 aromatic carbocycles. The summed E-state index contributed by atoms with van der Waals surface area (Å²) in [6.07, 6.45) is 0.708. The monoisotopic (exact) mass is 291 g/mol. The van der Waals surface area contributed by atoms with Crippen molar-refractivity contribution in [2.45, 2.75) is 26.6 Å². The van der Waals surface area contributed by atoms with Gasteiger partial charge in [-0.3, -0.25) is 0 Å². The Hall–Kier alpha value is -1.72. The normalized spacial score (nSPS) is 10.5. The second-order valence-corrected chi connectivity index (χ2v) is 5.29. The smallest absolute Gasteiger partial charge is 0.349 e. The third kappa shape index (κ3) is 3.65. The maximum absolute atomic E-state index is 11.6. The van der Waals surface area contributed by atoms with Gasteiger partial charge in [-0.05, 0) is 12.0 Å². The molecule has 0 aliphatic rings. The lowest BCUT2D eigenvalue weighted by Crippen LogP contribution is -2.01. The van der Waals surface area contributed by atoms with Gasteiger partial charge >= 0.3 is 5.97 Å². The van der Waals surface area contributed by atoms with E-state index in [2.05, 4.69) is 4.98 Å². The van der Waals surface area contributed by atoms with Gasteiger partial charge in [0, 0.05) is 0 Å². The van der Waals surface area contributed by atoms with E-state index in [4.69, 9.17) is 9.47 Å². The highest BCUT2D eigenvalue weighted by molar-refractivity contribution is 7.13. The van der Waals surface area contributed by atoms with Gasteiger partial charge in [0.25, 0.3) is 0 Å². The van der Waals surface area contributed by atoms with Crippen LogP contribution < -0.4 is 0 Å². The molecule has 1 aromatic heterocycles. The standard InChI is InChI=1S/C15H17NO3S/c1-3-12-14(15(17)18-2)20-13(16-12)10-19-9-11-7-5-4-6-8-11/h4-8H,3,9-10H2,1-2H3. The van der Waals surface area contributed by atoms with Gasteiger partial charge in [-0.15, -0.1) is 11.3 Å². The maximum atomic E-state index is 11.6. The summed E-state index contributed by atoms with van der Waals surface area (Å²) in [5.41, 5.74) is 1.90. The van der Waals surface area contributed by atoms with Crippen LogP contribution in [0.2, 0.25) is 0 Å². The topological polar surface area (TPSA) is 48.4 Å². The third-order valence-electron chi connectivity index (χ3n) is 2.78. The first-order chi connectivity index (χ1) is 9.74. The molecule has 0 saturated carbocycles. The molecular weight excluding hydrogens is 274 g/mol. The molecule has 0 amide bonds. The number of benzene rings is 1. The number of carbonyl (C=O) groups is 1. The van der Waals surface area contributed by atoms with Crippen LogP contribution in [0.5, 0.6) is 0 Å². The van der Waals surface area contributed by atoms with E-state index >= 15 is 0 Å². The highest BCUT2D eigenvalue weighted by Crippen LogP contribution is 2.21. The fourth-order valence-electron chi connectivity index (χ4n) is 1.78. The van der Waals surface area contributed by atoms with E-state index in [1.54, 1.807) is 0 Å². The summed E-state index contributed by atoms with van der Waals surface area (Å²) in [5.74, 6) is -0.325. The number of nitrogens with zero attached hydrogens (tertiary/aromatic N) is 1. The summed E-state index contributed by atoms with van der Waals surface area (Å²) in [5, 5.41) is 0.804. The first-order valence-corrected chi connectivity index (χ1v) is 7.24. The number of thiazole rings is 1. The van der Waals surface area contributed by atoms with Crippen LogP contribution in [0, 0.1) is 0 Å². The lowest BCUT2D eigenvalue weighted by atomic mass is 10.2. The molecule has 0 aliphatic carbocycles. The molecule has 1 heterocycles. The molecule has 0 N–H and O–H groups in total. The summed E-state index contributed by atoms with van der Waals surface area (Å²) < 4.78 is 10.4. The summed E-state index contributed by atoms with van der Waals surface area (Å²) in [7, 11) is 1.38. The second-order valence-electron chi connectivity index (χ2n) is 4.21.